The second-order valence-corrected chi connectivity index (χ2v) is 5.36. The molecule has 0 aliphatic rings. The molecule has 2 aromatic carbocycles. The molecule has 0 aromatic heterocycles. The van der Waals surface area contributed by atoms with Gasteiger partial charge in [0, 0.05) is 5.69 Å². The third kappa shape index (κ3) is 6.13. The molecule has 1 unspecified atom stereocenters. The number of anilines is 1. The zero-order valence-corrected chi connectivity index (χ0v) is 16.7. The van der Waals surface area contributed by atoms with Gasteiger partial charge in [-0.2, -0.15) is 0 Å². The third-order valence-electron chi connectivity index (χ3n) is 3.92. The Kier molecular flexibility index (Phi) is 9.41. The number of hydrogen-bond acceptors (Lipinski definition) is 2. The van der Waals surface area contributed by atoms with E-state index in [9.17, 15) is 0 Å². The molecule has 3 N–H and O–H groups in total. The molecule has 0 saturated carbocycles. The third-order valence-corrected chi connectivity index (χ3v) is 3.92. The average molecular weight is 438 g/mol. The summed E-state index contributed by atoms with van der Waals surface area (Å²) in [4.78, 5) is 6.95. The molecule has 0 spiro atoms. The van der Waals surface area contributed by atoms with Crippen LogP contribution in [0.3, 0.4) is 0 Å². The largest absolute Gasteiger partial charge is 0.370 e. The lowest BCUT2D eigenvalue weighted by atomic mass is 10.1. The molecule has 0 amide bonds. The molecule has 0 aliphatic carbocycles. The van der Waals surface area contributed by atoms with Crippen LogP contribution in [0.4, 0.5) is 5.69 Å². The maximum Gasteiger partial charge on any atom is 0.193 e. The second-order valence-electron chi connectivity index (χ2n) is 5.36. The predicted octanol–water partition coefficient (Wildman–Crippen LogP) is 4.11. The van der Waals surface area contributed by atoms with E-state index in [4.69, 9.17) is 5.73 Å². The van der Waals surface area contributed by atoms with Gasteiger partial charge in [0.15, 0.2) is 5.96 Å². The standard InChI is InChI=1S/C19H26N4.HI/c1-3-23(4-2)18(16-11-7-5-8-12-16)15-21-19(20)22-17-13-9-6-10-14-17;/h5-14,18H,3-4,15H2,1-2H3,(H3,20,21,22);1H. The number of nitrogens with one attached hydrogen (secondary N) is 1. The fraction of sp³-hybridized carbons (Fsp3) is 0.316. The summed E-state index contributed by atoms with van der Waals surface area (Å²) in [5.74, 6) is 0.448. The normalized spacial score (nSPS) is 12.5. The second kappa shape index (κ2) is 11.0. The van der Waals surface area contributed by atoms with Crippen molar-refractivity contribution in [1.82, 2.24) is 4.90 Å². The van der Waals surface area contributed by atoms with E-state index in [1.54, 1.807) is 0 Å². The van der Waals surface area contributed by atoms with Gasteiger partial charge in [-0.15, -0.1) is 24.0 Å². The van der Waals surface area contributed by atoms with E-state index in [0.29, 0.717) is 12.5 Å². The first-order chi connectivity index (χ1) is 11.2. The number of halogens is 1. The Hall–Kier alpha value is -1.60. The van der Waals surface area contributed by atoms with Gasteiger partial charge >= 0.3 is 0 Å². The van der Waals surface area contributed by atoms with Crippen molar-refractivity contribution >= 4 is 35.6 Å². The molecule has 4 nitrogen and oxygen atoms in total. The topological polar surface area (TPSA) is 53.6 Å². The van der Waals surface area contributed by atoms with Crippen LogP contribution in [0.1, 0.15) is 25.5 Å². The monoisotopic (exact) mass is 438 g/mol. The molecular weight excluding hydrogens is 411 g/mol. The van der Waals surface area contributed by atoms with Crippen LogP contribution in [0.2, 0.25) is 0 Å². The van der Waals surface area contributed by atoms with Crippen molar-refractivity contribution < 1.29 is 0 Å². The van der Waals surface area contributed by atoms with Gasteiger partial charge in [0.1, 0.15) is 0 Å². The summed E-state index contributed by atoms with van der Waals surface area (Å²) in [5, 5.41) is 3.13. The lowest BCUT2D eigenvalue weighted by Gasteiger charge is -2.29. The van der Waals surface area contributed by atoms with Crippen LogP contribution in [0.5, 0.6) is 0 Å². The van der Waals surface area contributed by atoms with Crippen molar-refractivity contribution in [3.05, 3.63) is 66.2 Å². The number of para-hydroxylation sites is 1. The van der Waals surface area contributed by atoms with Crippen molar-refractivity contribution in [3.63, 3.8) is 0 Å². The van der Waals surface area contributed by atoms with Crippen LogP contribution in [0.15, 0.2) is 65.7 Å². The molecule has 0 aliphatic heterocycles. The Labute approximate surface area is 162 Å². The predicted molar refractivity (Wildman–Crippen MR) is 114 cm³/mol. The Bertz CT molecular complexity index is 597. The van der Waals surface area contributed by atoms with Crippen molar-refractivity contribution in [2.75, 3.05) is 25.0 Å². The summed E-state index contributed by atoms with van der Waals surface area (Å²) in [5.41, 5.74) is 8.26. The summed E-state index contributed by atoms with van der Waals surface area (Å²) < 4.78 is 0. The number of hydrogen-bond donors (Lipinski definition) is 2. The van der Waals surface area contributed by atoms with Crippen LogP contribution in [-0.2, 0) is 0 Å². The molecule has 1 atom stereocenters. The first kappa shape index (κ1) is 20.4. The Balaban J connectivity index is 0.00000288. The van der Waals surface area contributed by atoms with E-state index >= 15 is 0 Å². The molecule has 0 radical (unpaired) electrons. The molecular formula is C19H27IN4. The fourth-order valence-corrected chi connectivity index (χ4v) is 2.66. The van der Waals surface area contributed by atoms with Crippen molar-refractivity contribution in [2.24, 2.45) is 10.7 Å². The number of benzene rings is 2. The van der Waals surface area contributed by atoms with Crippen molar-refractivity contribution in [2.45, 2.75) is 19.9 Å². The van der Waals surface area contributed by atoms with Crippen LogP contribution < -0.4 is 11.1 Å². The van der Waals surface area contributed by atoms with Gasteiger partial charge in [0.25, 0.3) is 0 Å². The number of nitrogens with two attached hydrogens (primary N) is 1. The van der Waals surface area contributed by atoms with Crippen LogP contribution in [0.25, 0.3) is 0 Å². The SMILES string of the molecule is CCN(CC)C(CN=C(N)Nc1ccccc1)c1ccccc1.I. The van der Waals surface area contributed by atoms with Crippen LogP contribution in [0, 0.1) is 0 Å². The van der Waals surface area contributed by atoms with E-state index in [1.807, 2.05) is 36.4 Å². The lowest BCUT2D eigenvalue weighted by molar-refractivity contribution is 0.224. The molecule has 0 fully saturated rings. The van der Waals surface area contributed by atoms with Gasteiger partial charge in [-0.3, -0.25) is 9.89 Å². The maximum atomic E-state index is 6.04. The first-order valence-corrected chi connectivity index (χ1v) is 8.15. The number of rotatable bonds is 7. The Morgan fingerprint density at radius 1 is 1.00 bits per heavy atom. The summed E-state index contributed by atoms with van der Waals surface area (Å²) in [6.07, 6.45) is 0. The van der Waals surface area contributed by atoms with E-state index in [2.05, 4.69) is 53.3 Å². The van der Waals surface area contributed by atoms with Gasteiger partial charge in [0.05, 0.1) is 12.6 Å². The molecule has 0 heterocycles. The quantitative estimate of drug-likeness (QED) is 0.389. The molecule has 0 saturated heterocycles. The van der Waals surface area contributed by atoms with Crippen LogP contribution in [-0.4, -0.2) is 30.5 Å². The summed E-state index contributed by atoms with van der Waals surface area (Å²) >= 11 is 0. The molecule has 2 aromatic rings. The summed E-state index contributed by atoms with van der Waals surface area (Å²) in [6, 6.07) is 20.6. The smallest absolute Gasteiger partial charge is 0.193 e. The minimum atomic E-state index is 0. The van der Waals surface area contributed by atoms with Gasteiger partial charge < -0.3 is 11.1 Å². The minimum absolute atomic E-state index is 0. The minimum Gasteiger partial charge on any atom is -0.370 e. The highest BCUT2D eigenvalue weighted by atomic mass is 127. The molecule has 0 bridgehead atoms. The first-order valence-electron chi connectivity index (χ1n) is 8.15. The highest BCUT2D eigenvalue weighted by molar-refractivity contribution is 14.0. The molecule has 2 rings (SSSR count). The molecule has 130 valence electrons. The van der Waals surface area contributed by atoms with Crippen molar-refractivity contribution in [3.8, 4) is 0 Å². The van der Waals surface area contributed by atoms with E-state index in [-0.39, 0.29) is 30.0 Å². The Morgan fingerprint density at radius 3 is 2.08 bits per heavy atom. The average Bonchev–Trinajstić information content (AvgIpc) is 2.60. The van der Waals surface area contributed by atoms with E-state index < -0.39 is 0 Å². The number of guanidine groups is 1. The lowest BCUT2D eigenvalue weighted by Crippen LogP contribution is -2.32. The van der Waals surface area contributed by atoms with Crippen LogP contribution >= 0.6 is 24.0 Å². The van der Waals surface area contributed by atoms with Gasteiger partial charge in [-0.05, 0) is 30.8 Å². The maximum absolute atomic E-state index is 6.04. The zero-order valence-electron chi connectivity index (χ0n) is 14.4. The zero-order chi connectivity index (χ0) is 16.5. The number of likely N-dealkylation sites (N-methyl/N-ethyl adjacent to an activating group) is 1. The van der Waals surface area contributed by atoms with Gasteiger partial charge in [-0.1, -0.05) is 62.4 Å². The van der Waals surface area contributed by atoms with E-state index in [1.165, 1.54) is 5.56 Å². The fourth-order valence-electron chi connectivity index (χ4n) is 2.66. The number of aliphatic imine (C=N–C) groups is 1. The Morgan fingerprint density at radius 2 is 1.54 bits per heavy atom. The number of nitrogens with zero attached hydrogens (tertiary/aromatic N) is 2. The molecule has 24 heavy (non-hydrogen) atoms. The summed E-state index contributed by atoms with van der Waals surface area (Å²) in [7, 11) is 0. The van der Waals surface area contributed by atoms with Crippen molar-refractivity contribution in [1.29, 1.82) is 0 Å². The molecule has 5 heteroatoms. The summed E-state index contributed by atoms with van der Waals surface area (Å²) in [6.45, 7) is 6.95. The van der Waals surface area contributed by atoms with E-state index in [0.717, 1.165) is 18.8 Å². The highest BCUT2D eigenvalue weighted by Gasteiger charge is 2.17. The van der Waals surface area contributed by atoms with Gasteiger partial charge in [0.2, 0.25) is 0 Å². The van der Waals surface area contributed by atoms with Gasteiger partial charge in [-0.25, -0.2) is 0 Å². The highest BCUT2D eigenvalue weighted by Crippen LogP contribution is 2.20.